The molecule has 0 radical (unpaired) electrons. The SMILES string of the molecule is CC(C)(F)n1cnc(-c2ccc(F)cc2)c1-c1ccnc(NCC2CCCC2)n1. The first-order chi connectivity index (χ1) is 13.9. The van der Waals surface area contributed by atoms with Crippen LogP contribution in [0.1, 0.15) is 39.5 Å². The monoisotopic (exact) mass is 397 g/mol. The molecule has 0 bridgehead atoms. The van der Waals surface area contributed by atoms with Crippen LogP contribution >= 0.6 is 0 Å². The first kappa shape index (κ1) is 19.5. The number of benzene rings is 1. The van der Waals surface area contributed by atoms with Gasteiger partial charge in [-0.25, -0.2) is 23.7 Å². The van der Waals surface area contributed by atoms with E-state index in [0.717, 1.165) is 6.54 Å². The third-order valence-electron chi connectivity index (χ3n) is 5.38. The van der Waals surface area contributed by atoms with Gasteiger partial charge in [-0.3, -0.25) is 4.57 Å². The van der Waals surface area contributed by atoms with Gasteiger partial charge in [-0.1, -0.05) is 12.8 Å². The van der Waals surface area contributed by atoms with Crippen LogP contribution in [0.15, 0.2) is 42.9 Å². The number of halogens is 2. The maximum Gasteiger partial charge on any atom is 0.223 e. The summed E-state index contributed by atoms with van der Waals surface area (Å²) in [5.41, 5.74) is 2.35. The molecule has 4 rings (SSSR count). The minimum absolute atomic E-state index is 0.332. The molecule has 29 heavy (non-hydrogen) atoms. The van der Waals surface area contributed by atoms with E-state index in [1.807, 2.05) is 0 Å². The van der Waals surface area contributed by atoms with Gasteiger partial charge in [-0.05, 0) is 62.9 Å². The van der Waals surface area contributed by atoms with Crippen LogP contribution in [-0.4, -0.2) is 26.1 Å². The quantitative estimate of drug-likeness (QED) is 0.604. The Labute approximate surface area is 169 Å². The molecule has 0 unspecified atom stereocenters. The fourth-order valence-electron chi connectivity index (χ4n) is 3.84. The Morgan fingerprint density at radius 3 is 2.52 bits per heavy atom. The maximum atomic E-state index is 14.9. The van der Waals surface area contributed by atoms with Crippen molar-refractivity contribution in [2.75, 3.05) is 11.9 Å². The van der Waals surface area contributed by atoms with E-state index < -0.39 is 5.79 Å². The minimum Gasteiger partial charge on any atom is -0.354 e. The minimum atomic E-state index is -1.68. The lowest BCUT2D eigenvalue weighted by molar-refractivity contribution is 0.122. The van der Waals surface area contributed by atoms with Crippen LogP contribution in [0.5, 0.6) is 0 Å². The van der Waals surface area contributed by atoms with Crippen molar-refractivity contribution < 1.29 is 8.78 Å². The van der Waals surface area contributed by atoms with Crippen molar-refractivity contribution in [2.24, 2.45) is 5.92 Å². The lowest BCUT2D eigenvalue weighted by Gasteiger charge is -2.20. The first-order valence-corrected chi connectivity index (χ1v) is 10.0. The molecule has 0 amide bonds. The van der Waals surface area contributed by atoms with Gasteiger partial charge in [0.2, 0.25) is 5.95 Å². The van der Waals surface area contributed by atoms with Crippen molar-refractivity contribution in [3.8, 4) is 22.6 Å². The summed E-state index contributed by atoms with van der Waals surface area (Å²) in [5, 5.41) is 3.32. The van der Waals surface area contributed by atoms with Gasteiger partial charge < -0.3 is 5.32 Å². The van der Waals surface area contributed by atoms with Crippen LogP contribution in [0, 0.1) is 11.7 Å². The molecule has 5 nitrogen and oxygen atoms in total. The molecule has 1 N–H and O–H groups in total. The zero-order valence-electron chi connectivity index (χ0n) is 16.7. The molecule has 1 aliphatic rings. The molecule has 152 valence electrons. The summed E-state index contributed by atoms with van der Waals surface area (Å²) in [6.45, 7) is 3.77. The Bertz CT molecular complexity index is 970. The fraction of sp³-hybridized carbons (Fsp3) is 0.409. The second-order valence-corrected chi connectivity index (χ2v) is 8.03. The average Bonchev–Trinajstić information content (AvgIpc) is 3.37. The molecule has 3 aromatic rings. The van der Waals surface area contributed by atoms with Crippen molar-refractivity contribution in [3.05, 3.63) is 48.7 Å². The Morgan fingerprint density at radius 1 is 1.10 bits per heavy atom. The molecule has 7 heteroatoms. The summed E-state index contributed by atoms with van der Waals surface area (Å²) in [5.74, 6) is -0.847. The van der Waals surface area contributed by atoms with Gasteiger partial charge in [0.1, 0.15) is 5.82 Å². The predicted molar refractivity (Wildman–Crippen MR) is 110 cm³/mol. The molecule has 1 saturated carbocycles. The third-order valence-corrected chi connectivity index (χ3v) is 5.38. The van der Waals surface area contributed by atoms with Crippen LogP contribution < -0.4 is 5.32 Å². The number of alkyl halides is 1. The molecule has 0 atom stereocenters. The molecular formula is C22H25F2N5. The van der Waals surface area contributed by atoms with Crippen LogP contribution in [0.2, 0.25) is 0 Å². The summed E-state index contributed by atoms with van der Waals surface area (Å²) in [7, 11) is 0. The zero-order valence-corrected chi connectivity index (χ0v) is 16.7. The van der Waals surface area contributed by atoms with Crippen molar-refractivity contribution >= 4 is 5.95 Å². The molecule has 0 spiro atoms. The molecule has 1 aromatic carbocycles. The highest BCUT2D eigenvalue weighted by Gasteiger charge is 2.26. The summed E-state index contributed by atoms with van der Waals surface area (Å²) in [6.07, 6.45) is 8.13. The molecule has 1 aliphatic carbocycles. The Morgan fingerprint density at radius 2 is 1.83 bits per heavy atom. The molecule has 1 fully saturated rings. The lowest BCUT2D eigenvalue weighted by Crippen LogP contribution is -2.20. The molecule has 0 saturated heterocycles. The maximum absolute atomic E-state index is 14.9. The lowest BCUT2D eigenvalue weighted by atomic mass is 10.1. The van der Waals surface area contributed by atoms with Gasteiger partial charge in [-0.15, -0.1) is 0 Å². The standard InChI is InChI=1S/C22H25F2N5/c1-22(2,24)29-14-27-19(16-7-9-17(23)10-8-16)20(29)18-11-12-25-21(28-18)26-13-15-5-3-4-6-15/h7-12,14-15H,3-6,13H2,1-2H3,(H,25,26,28). The van der Waals surface area contributed by atoms with Crippen molar-refractivity contribution in [2.45, 2.75) is 45.3 Å². The van der Waals surface area contributed by atoms with E-state index >= 15 is 0 Å². The van der Waals surface area contributed by atoms with E-state index in [1.54, 1.807) is 24.4 Å². The summed E-state index contributed by atoms with van der Waals surface area (Å²) >= 11 is 0. The topological polar surface area (TPSA) is 55.6 Å². The average molecular weight is 397 g/mol. The zero-order chi connectivity index (χ0) is 20.4. The fourth-order valence-corrected chi connectivity index (χ4v) is 3.84. The van der Waals surface area contributed by atoms with Gasteiger partial charge in [0.25, 0.3) is 0 Å². The molecule has 2 aromatic heterocycles. The van der Waals surface area contributed by atoms with Crippen LogP contribution in [0.4, 0.5) is 14.7 Å². The number of nitrogens with one attached hydrogen (secondary N) is 1. The normalized spacial score (nSPS) is 15.0. The largest absolute Gasteiger partial charge is 0.354 e. The number of rotatable bonds is 6. The Balaban J connectivity index is 1.71. The second-order valence-electron chi connectivity index (χ2n) is 8.03. The second kappa shape index (κ2) is 7.89. The van der Waals surface area contributed by atoms with E-state index in [9.17, 15) is 8.78 Å². The summed E-state index contributed by atoms with van der Waals surface area (Å²) in [6, 6.07) is 7.75. The first-order valence-electron chi connectivity index (χ1n) is 10.0. The molecule has 2 heterocycles. The predicted octanol–water partition coefficient (Wildman–Crippen LogP) is 5.41. The number of aromatic nitrogens is 4. The Kier molecular flexibility index (Phi) is 5.30. The molecular weight excluding hydrogens is 372 g/mol. The number of hydrogen-bond acceptors (Lipinski definition) is 4. The summed E-state index contributed by atoms with van der Waals surface area (Å²) < 4.78 is 29.7. The van der Waals surface area contributed by atoms with E-state index in [0.29, 0.717) is 34.5 Å². The number of hydrogen-bond donors (Lipinski definition) is 1. The van der Waals surface area contributed by atoms with Gasteiger partial charge in [0.15, 0.2) is 5.79 Å². The highest BCUT2D eigenvalue weighted by molar-refractivity contribution is 5.77. The van der Waals surface area contributed by atoms with E-state index in [-0.39, 0.29) is 5.82 Å². The van der Waals surface area contributed by atoms with Crippen molar-refractivity contribution in [3.63, 3.8) is 0 Å². The summed E-state index contributed by atoms with van der Waals surface area (Å²) in [4.78, 5) is 13.4. The number of imidazole rings is 1. The van der Waals surface area contributed by atoms with Gasteiger partial charge in [0.05, 0.1) is 23.4 Å². The third kappa shape index (κ3) is 4.28. The van der Waals surface area contributed by atoms with E-state index in [1.165, 1.54) is 62.6 Å². The van der Waals surface area contributed by atoms with Crippen molar-refractivity contribution in [1.29, 1.82) is 0 Å². The van der Waals surface area contributed by atoms with Crippen LogP contribution in [0.25, 0.3) is 22.6 Å². The van der Waals surface area contributed by atoms with Gasteiger partial charge in [0, 0.05) is 18.3 Å². The Hall–Kier alpha value is -2.83. The van der Waals surface area contributed by atoms with Gasteiger partial charge in [-0.2, -0.15) is 0 Å². The van der Waals surface area contributed by atoms with Crippen molar-refractivity contribution in [1.82, 2.24) is 19.5 Å². The van der Waals surface area contributed by atoms with Crippen LogP contribution in [-0.2, 0) is 5.79 Å². The highest BCUT2D eigenvalue weighted by atomic mass is 19.1. The number of nitrogens with zero attached hydrogens (tertiary/aromatic N) is 4. The molecule has 0 aliphatic heterocycles. The number of anilines is 1. The van der Waals surface area contributed by atoms with Gasteiger partial charge >= 0.3 is 0 Å². The van der Waals surface area contributed by atoms with E-state index in [4.69, 9.17) is 0 Å². The smallest absolute Gasteiger partial charge is 0.223 e. The van der Waals surface area contributed by atoms with E-state index in [2.05, 4.69) is 20.3 Å². The highest BCUT2D eigenvalue weighted by Crippen LogP contribution is 2.35. The van der Waals surface area contributed by atoms with Crippen LogP contribution in [0.3, 0.4) is 0 Å².